The Labute approximate surface area is 170 Å². The second kappa shape index (κ2) is 11.5. The van der Waals surface area contributed by atoms with E-state index in [0.717, 1.165) is 5.56 Å². The van der Waals surface area contributed by atoms with E-state index in [2.05, 4.69) is 10.6 Å². The topological polar surface area (TPSA) is 106 Å². The van der Waals surface area contributed by atoms with Crippen LogP contribution in [0.4, 0.5) is 4.79 Å². The van der Waals surface area contributed by atoms with Crippen molar-refractivity contribution in [2.75, 3.05) is 33.4 Å². The number of nitrogens with zero attached hydrogens (tertiary/aromatic N) is 1. The van der Waals surface area contributed by atoms with Crippen LogP contribution < -0.4 is 10.6 Å². The van der Waals surface area contributed by atoms with Gasteiger partial charge in [-0.2, -0.15) is 0 Å². The number of Topliss-reactive ketones (excluding diaryl/α,β-unsaturated/α-hetero) is 1. The molecule has 0 aliphatic carbocycles. The number of ketones is 1. The molecule has 1 fully saturated rings. The Morgan fingerprint density at radius 3 is 2.66 bits per heavy atom. The van der Waals surface area contributed by atoms with E-state index in [-0.39, 0.29) is 31.4 Å². The average Bonchev–Trinajstić information content (AvgIpc) is 2.74. The summed E-state index contributed by atoms with van der Waals surface area (Å²) in [5.41, 5.74) is 0.892. The maximum absolute atomic E-state index is 12.6. The summed E-state index contributed by atoms with van der Waals surface area (Å²) in [6.07, 6.45) is -1.13. The molecule has 1 saturated heterocycles. The maximum Gasteiger partial charge on any atom is 0.410 e. The summed E-state index contributed by atoms with van der Waals surface area (Å²) in [7, 11) is 1.49. The van der Waals surface area contributed by atoms with Crippen LogP contribution in [0.25, 0.3) is 0 Å². The molecule has 0 aromatic heterocycles. The molecule has 0 saturated carbocycles. The Morgan fingerprint density at radius 2 is 2.00 bits per heavy atom. The van der Waals surface area contributed by atoms with Crippen molar-refractivity contribution in [2.24, 2.45) is 0 Å². The van der Waals surface area contributed by atoms with Gasteiger partial charge in [-0.05, 0) is 19.4 Å². The number of nitrogens with one attached hydrogen (secondary N) is 2. The van der Waals surface area contributed by atoms with Gasteiger partial charge in [0.15, 0.2) is 0 Å². The molecule has 2 unspecified atom stereocenters. The molecule has 9 nitrogen and oxygen atoms in total. The van der Waals surface area contributed by atoms with Gasteiger partial charge >= 0.3 is 6.09 Å². The largest absolute Gasteiger partial charge is 0.445 e. The van der Waals surface area contributed by atoms with Crippen LogP contribution in [0.3, 0.4) is 0 Å². The van der Waals surface area contributed by atoms with Crippen molar-refractivity contribution >= 4 is 17.8 Å². The van der Waals surface area contributed by atoms with Gasteiger partial charge in [-0.25, -0.2) is 4.79 Å². The predicted molar refractivity (Wildman–Crippen MR) is 105 cm³/mol. The summed E-state index contributed by atoms with van der Waals surface area (Å²) in [5, 5.41) is 5.59. The van der Waals surface area contributed by atoms with Gasteiger partial charge in [0.05, 0.1) is 31.8 Å². The first-order valence-electron chi connectivity index (χ1n) is 9.53. The van der Waals surface area contributed by atoms with Crippen LogP contribution in [0, 0.1) is 0 Å². The lowest BCUT2D eigenvalue weighted by molar-refractivity contribution is -0.128. The molecule has 1 aliphatic heterocycles. The third-order valence-electron chi connectivity index (χ3n) is 4.53. The Morgan fingerprint density at radius 1 is 1.28 bits per heavy atom. The molecule has 1 aliphatic rings. The summed E-state index contributed by atoms with van der Waals surface area (Å²) < 4.78 is 16.4. The van der Waals surface area contributed by atoms with E-state index >= 15 is 0 Å². The second-order valence-corrected chi connectivity index (χ2v) is 6.84. The monoisotopic (exact) mass is 407 g/mol. The minimum atomic E-state index is -0.655. The fourth-order valence-electron chi connectivity index (χ4n) is 2.93. The van der Waals surface area contributed by atoms with E-state index in [4.69, 9.17) is 14.2 Å². The molecule has 0 spiro atoms. The molecule has 1 aromatic rings. The van der Waals surface area contributed by atoms with Crippen molar-refractivity contribution in [3.8, 4) is 0 Å². The van der Waals surface area contributed by atoms with Crippen molar-refractivity contribution in [1.82, 2.24) is 15.5 Å². The number of rotatable bonds is 9. The predicted octanol–water partition coefficient (Wildman–Crippen LogP) is 0.680. The van der Waals surface area contributed by atoms with E-state index in [1.54, 1.807) is 11.8 Å². The van der Waals surface area contributed by atoms with Gasteiger partial charge in [-0.1, -0.05) is 30.3 Å². The fourth-order valence-corrected chi connectivity index (χ4v) is 2.93. The molecule has 1 aromatic carbocycles. The van der Waals surface area contributed by atoms with Crippen LogP contribution in [0.2, 0.25) is 0 Å². The molecule has 0 radical (unpaired) electrons. The van der Waals surface area contributed by atoms with E-state index < -0.39 is 24.4 Å². The van der Waals surface area contributed by atoms with Gasteiger partial charge < -0.3 is 19.5 Å². The Hall–Kier alpha value is -2.49. The van der Waals surface area contributed by atoms with Crippen LogP contribution in [-0.2, 0) is 30.4 Å². The summed E-state index contributed by atoms with van der Waals surface area (Å²) in [6, 6.07) is 8.30. The molecule has 29 heavy (non-hydrogen) atoms. The lowest BCUT2D eigenvalue weighted by Gasteiger charge is -2.39. The number of hydrogen-bond acceptors (Lipinski definition) is 7. The summed E-state index contributed by atoms with van der Waals surface area (Å²) in [6.45, 7) is 4.17. The van der Waals surface area contributed by atoms with E-state index in [1.165, 1.54) is 14.0 Å². The number of morpholine rings is 1. The number of carbonyl (C=O) groups is 3. The molecule has 160 valence electrons. The SMILES string of the molecule is COC(N[C@@H](C)C(=O)NCC(C)=O)C1COCCN1C(=O)OCc1ccccc1. The summed E-state index contributed by atoms with van der Waals surface area (Å²) >= 11 is 0. The number of amides is 2. The number of ether oxygens (including phenoxy) is 3. The third-order valence-corrected chi connectivity index (χ3v) is 4.53. The van der Waals surface area contributed by atoms with Gasteiger partial charge in [0.25, 0.3) is 0 Å². The van der Waals surface area contributed by atoms with Gasteiger partial charge in [0.1, 0.15) is 18.6 Å². The van der Waals surface area contributed by atoms with E-state index in [0.29, 0.717) is 13.2 Å². The van der Waals surface area contributed by atoms with Crippen molar-refractivity contribution in [3.63, 3.8) is 0 Å². The highest BCUT2D eigenvalue weighted by Crippen LogP contribution is 2.15. The minimum Gasteiger partial charge on any atom is -0.445 e. The highest BCUT2D eigenvalue weighted by molar-refractivity contribution is 5.87. The Balaban J connectivity index is 1.96. The van der Waals surface area contributed by atoms with E-state index in [1.807, 2.05) is 30.3 Å². The quantitative estimate of drug-likeness (QED) is 0.580. The van der Waals surface area contributed by atoms with Crippen LogP contribution in [-0.4, -0.2) is 74.4 Å². The molecule has 2 amide bonds. The van der Waals surface area contributed by atoms with Crippen molar-refractivity contribution in [1.29, 1.82) is 0 Å². The van der Waals surface area contributed by atoms with Crippen molar-refractivity contribution < 1.29 is 28.6 Å². The molecule has 2 rings (SSSR count). The highest BCUT2D eigenvalue weighted by atomic mass is 16.6. The lowest BCUT2D eigenvalue weighted by Crippen LogP contribution is -2.61. The average molecular weight is 407 g/mol. The number of benzene rings is 1. The Bertz CT molecular complexity index is 684. The molecule has 9 heteroatoms. The summed E-state index contributed by atoms with van der Waals surface area (Å²) in [5.74, 6) is -0.473. The molecular formula is C20H29N3O6. The first-order valence-corrected chi connectivity index (χ1v) is 9.53. The summed E-state index contributed by atoms with van der Waals surface area (Å²) in [4.78, 5) is 37.4. The molecule has 2 N–H and O–H groups in total. The zero-order valence-electron chi connectivity index (χ0n) is 17.1. The number of carbonyl (C=O) groups excluding carboxylic acids is 3. The second-order valence-electron chi connectivity index (χ2n) is 6.84. The minimum absolute atomic E-state index is 0.0347. The Kier molecular flexibility index (Phi) is 9.04. The molecule has 1 heterocycles. The first-order chi connectivity index (χ1) is 13.9. The first kappa shape index (κ1) is 22.8. The highest BCUT2D eigenvalue weighted by Gasteiger charge is 2.36. The van der Waals surface area contributed by atoms with Crippen LogP contribution >= 0.6 is 0 Å². The smallest absolute Gasteiger partial charge is 0.410 e. The molecule has 3 atom stereocenters. The van der Waals surface area contributed by atoms with Crippen LogP contribution in [0.5, 0.6) is 0 Å². The van der Waals surface area contributed by atoms with Crippen LogP contribution in [0.15, 0.2) is 30.3 Å². The molecular weight excluding hydrogens is 378 g/mol. The van der Waals surface area contributed by atoms with Gasteiger partial charge in [0, 0.05) is 13.7 Å². The lowest BCUT2D eigenvalue weighted by atomic mass is 10.1. The fraction of sp³-hybridized carbons (Fsp3) is 0.550. The standard InChI is InChI=1S/C20H29N3O6/c1-14(24)11-21-18(25)15(2)22-19(27-3)17-13-28-10-9-23(17)20(26)29-12-16-7-5-4-6-8-16/h4-8,15,17,19,22H,9-13H2,1-3H3,(H,21,25)/t15-,17?,19?/m0/s1. The molecule has 0 bridgehead atoms. The van der Waals surface area contributed by atoms with Crippen LogP contribution in [0.1, 0.15) is 19.4 Å². The maximum atomic E-state index is 12.6. The van der Waals surface area contributed by atoms with Gasteiger partial charge in [-0.15, -0.1) is 0 Å². The van der Waals surface area contributed by atoms with E-state index in [9.17, 15) is 14.4 Å². The number of methoxy groups -OCH3 is 1. The van der Waals surface area contributed by atoms with Crippen molar-refractivity contribution in [2.45, 2.75) is 38.8 Å². The zero-order valence-corrected chi connectivity index (χ0v) is 17.1. The third kappa shape index (κ3) is 7.12. The van der Waals surface area contributed by atoms with Gasteiger partial charge in [0.2, 0.25) is 5.91 Å². The van der Waals surface area contributed by atoms with Crippen molar-refractivity contribution in [3.05, 3.63) is 35.9 Å². The van der Waals surface area contributed by atoms with Gasteiger partial charge in [-0.3, -0.25) is 19.8 Å². The zero-order chi connectivity index (χ0) is 21.2. The number of hydrogen-bond donors (Lipinski definition) is 2. The normalized spacial score (nSPS) is 18.6.